The number of halogens is 1. The summed E-state index contributed by atoms with van der Waals surface area (Å²) in [6, 6.07) is 9.12. The molecule has 1 heterocycles. The smallest absolute Gasteiger partial charge is 0.252 e. The molecule has 0 radical (unpaired) electrons. The van der Waals surface area contributed by atoms with Crippen molar-refractivity contribution in [3.8, 4) is 16.9 Å². The Balaban J connectivity index is 2.27. The minimum absolute atomic E-state index is 0.0870. The third-order valence-electron chi connectivity index (χ3n) is 3.01. The average Bonchev–Trinajstić information content (AvgIpc) is 2.70. The number of carbonyl (C=O) groups is 1. The normalized spacial score (nSPS) is 13.3. The van der Waals surface area contributed by atoms with E-state index in [-0.39, 0.29) is 17.5 Å². The second-order valence-electron chi connectivity index (χ2n) is 4.22. The first-order valence-electron chi connectivity index (χ1n) is 5.55. The zero-order valence-electron chi connectivity index (χ0n) is 9.40. The molecule has 0 saturated heterocycles. The molecule has 2 aromatic rings. The summed E-state index contributed by atoms with van der Waals surface area (Å²) in [5, 5.41) is 12.1. The van der Waals surface area contributed by atoms with Gasteiger partial charge in [0.15, 0.2) is 0 Å². The van der Waals surface area contributed by atoms with Crippen LogP contribution in [0.1, 0.15) is 15.9 Å². The fourth-order valence-electron chi connectivity index (χ4n) is 2.24. The lowest BCUT2D eigenvalue weighted by molar-refractivity contribution is 0.0966. The number of hydrogen-bond acceptors (Lipinski definition) is 2. The van der Waals surface area contributed by atoms with Crippen LogP contribution in [-0.4, -0.2) is 11.0 Å². The molecule has 0 fully saturated rings. The predicted molar refractivity (Wildman–Crippen MR) is 64.7 cm³/mol. The molecule has 1 aliphatic heterocycles. The number of fused-ring (bicyclic) bond motifs is 1. The maximum atomic E-state index is 13.5. The maximum Gasteiger partial charge on any atom is 0.252 e. The maximum absolute atomic E-state index is 13.5. The van der Waals surface area contributed by atoms with E-state index in [4.69, 9.17) is 0 Å². The molecule has 0 aromatic heterocycles. The van der Waals surface area contributed by atoms with Gasteiger partial charge >= 0.3 is 0 Å². The lowest BCUT2D eigenvalue weighted by Crippen LogP contribution is -2.13. The molecule has 0 atom stereocenters. The van der Waals surface area contributed by atoms with Crippen molar-refractivity contribution in [2.75, 3.05) is 0 Å². The van der Waals surface area contributed by atoms with Gasteiger partial charge in [-0.15, -0.1) is 0 Å². The van der Waals surface area contributed by atoms with E-state index in [0.717, 1.165) is 0 Å². The van der Waals surface area contributed by atoms with Crippen molar-refractivity contribution >= 4 is 5.91 Å². The number of hydrogen-bond donors (Lipinski definition) is 2. The minimum Gasteiger partial charge on any atom is -0.508 e. The fraction of sp³-hybridized carbons (Fsp3) is 0.0714. The summed E-state index contributed by atoms with van der Waals surface area (Å²) in [4.78, 5) is 11.8. The summed E-state index contributed by atoms with van der Waals surface area (Å²) in [6.45, 7) is 0.345. The highest BCUT2D eigenvalue weighted by atomic mass is 19.1. The quantitative estimate of drug-likeness (QED) is 0.808. The van der Waals surface area contributed by atoms with Gasteiger partial charge in [-0.2, -0.15) is 0 Å². The van der Waals surface area contributed by atoms with E-state index in [1.54, 1.807) is 12.1 Å². The largest absolute Gasteiger partial charge is 0.508 e. The van der Waals surface area contributed by atoms with E-state index < -0.39 is 0 Å². The van der Waals surface area contributed by atoms with Crippen molar-refractivity contribution in [3.63, 3.8) is 0 Å². The second-order valence-corrected chi connectivity index (χ2v) is 4.22. The second kappa shape index (κ2) is 3.84. The fourth-order valence-corrected chi connectivity index (χ4v) is 2.24. The molecule has 1 amide bonds. The SMILES string of the molecule is O=C1NCc2cc(F)cc(-c3cccc(O)c3)c21. The molecule has 0 spiro atoms. The van der Waals surface area contributed by atoms with Gasteiger partial charge < -0.3 is 10.4 Å². The Morgan fingerprint density at radius 2 is 2.06 bits per heavy atom. The molecule has 0 aliphatic carbocycles. The molecule has 90 valence electrons. The van der Waals surface area contributed by atoms with Crippen LogP contribution in [0.4, 0.5) is 4.39 Å². The van der Waals surface area contributed by atoms with Crippen LogP contribution in [0, 0.1) is 5.82 Å². The third kappa shape index (κ3) is 1.62. The van der Waals surface area contributed by atoms with Crippen molar-refractivity contribution in [2.24, 2.45) is 0 Å². The topological polar surface area (TPSA) is 49.3 Å². The molecule has 18 heavy (non-hydrogen) atoms. The van der Waals surface area contributed by atoms with E-state index in [1.165, 1.54) is 24.3 Å². The van der Waals surface area contributed by atoms with E-state index in [2.05, 4.69) is 5.32 Å². The van der Waals surface area contributed by atoms with Crippen molar-refractivity contribution in [2.45, 2.75) is 6.54 Å². The number of carbonyl (C=O) groups excluding carboxylic acids is 1. The Labute approximate surface area is 103 Å². The summed E-state index contributed by atoms with van der Waals surface area (Å²) in [7, 11) is 0. The number of rotatable bonds is 1. The standard InChI is InChI=1S/C14H10FNO2/c15-10-4-9-7-16-14(18)13(9)12(6-10)8-2-1-3-11(17)5-8/h1-6,17H,7H2,(H,16,18). The van der Waals surface area contributed by atoms with Gasteiger partial charge in [0.2, 0.25) is 0 Å². The van der Waals surface area contributed by atoms with E-state index in [9.17, 15) is 14.3 Å². The number of phenols is 1. The molecule has 3 rings (SSSR count). The molecule has 4 heteroatoms. The summed E-state index contributed by atoms with van der Waals surface area (Å²) in [5.41, 5.74) is 2.28. The Hall–Kier alpha value is -2.36. The van der Waals surface area contributed by atoms with Crippen LogP contribution in [0.15, 0.2) is 36.4 Å². The average molecular weight is 243 g/mol. The zero-order valence-corrected chi connectivity index (χ0v) is 9.40. The Morgan fingerprint density at radius 3 is 2.83 bits per heavy atom. The Kier molecular flexibility index (Phi) is 2.30. The number of benzene rings is 2. The number of amides is 1. The van der Waals surface area contributed by atoms with Crippen LogP contribution < -0.4 is 5.32 Å². The molecule has 1 aliphatic rings. The highest BCUT2D eigenvalue weighted by Crippen LogP contribution is 2.31. The van der Waals surface area contributed by atoms with E-state index in [0.29, 0.717) is 28.8 Å². The molecular weight excluding hydrogens is 233 g/mol. The molecule has 2 N–H and O–H groups in total. The van der Waals surface area contributed by atoms with Crippen molar-refractivity contribution < 1.29 is 14.3 Å². The van der Waals surface area contributed by atoms with Crippen LogP contribution in [0.5, 0.6) is 5.75 Å². The van der Waals surface area contributed by atoms with Gasteiger partial charge in [-0.25, -0.2) is 4.39 Å². The molecule has 0 unspecified atom stereocenters. The van der Waals surface area contributed by atoms with E-state index >= 15 is 0 Å². The Morgan fingerprint density at radius 1 is 1.22 bits per heavy atom. The molecular formula is C14H10FNO2. The third-order valence-corrected chi connectivity index (χ3v) is 3.01. The van der Waals surface area contributed by atoms with Crippen LogP contribution >= 0.6 is 0 Å². The van der Waals surface area contributed by atoms with Gasteiger partial charge in [0.05, 0.1) is 5.56 Å². The summed E-state index contributed by atoms with van der Waals surface area (Å²) in [6.07, 6.45) is 0. The highest BCUT2D eigenvalue weighted by molar-refractivity contribution is 6.04. The molecule has 3 nitrogen and oxygen atoms in total. The van der Waals surface area contributed by atoms with Crippen LogP contribution in [0.2, 0.25) is 0 Å². The van der Waals surface area contributed by atoms with Crippen LogP contribution in [0.25, 0.3) is 11.1 Å². The van der Waals surface area contributed by atoms with Gasteiger partial charge in [-0.1, -0.05) is 12.1 Å². The summed E-state index contributed by atoms with van der Waals surface area (Å²) < 4.78 is 13.5. The Bertz CT molecular complexity index is 652. The first-order valence-corrected chi connectivity index (χ1v) is 5.55. The van der Waals surface area contributed by atoms with Gasteiger partial charge in [-0.3, -0.25) is 4.79 Å². The van der Waals surface area contributed by atoms with Crippen LogP contribution in [-0.2, 0) is 6.54 Å². The number of nitrogens with one attached hydrogen (secondary N) is 1. The van der Waals surface area contributed by atoms with Crippen molar-refractivity contribution in [3.05, 3.63) is 53.3 Å². The molecule has 0 saturated carbocycles. The van der Waals surface area contributed by atoms with Crippen molar-refractivity contribution in [1.29, 1.82) is 0 Å². The van der Waals surface area contributed by atoms with Gasteiger partial charge in [0.25, 0.3) is 5.91 Å². The van der Waals surface area contributed by atoms with Gasteiger partial charge in [-0.05, 0) is 41.0 Å². The van der Waals surface area contributed by atoms with Gasteiger partial charge in [0.1, 0.15) is 11.6 Å². The highest BCUT2D eigenvalue weighted by Gasteiger charge is 2.24. The first-order chi connectivity index (χ1) is 8.65. The summed E-state index contributed by atoms with van der Waals surface area (Å²) in [5.74, 6) is -0.504. The predicted octanol–water partition coefficient (Wildman–Crippen LogP) is 2.44. The lowest BCUT2D eigenvalue weighted by Gasteiger charge is -2.07. The summed E-state index contributed by atoms with van der Waals surface area (Å²) >= 11 is 0. The first kappa shape index (κ1) is 10.8. The molecule has 2 aromatic carbocycles. The number of aromatic hydroxyl groups is 1. The monoisotopic (exact) mass is 243 g/mol. The number of phenolic OH excluding ortho intramolecular Hbond substituents is 1. The molecule has 0 bridgehead atoms. The van der Waals surface area contributed by atoms with E-state index in [1.807, 2.05) is 0 Å². The van der Waals surface area contributed by atoms with Gasteiger partial charge in [0, 0.05) is 6.54 Å². The minimum atomic E-state index is -0.386. The van der Waals surface area contributed by atoms with Crippen molar-refractivity contribution in [1.82, 2.24) is 5.32 Å². The van der Waals surface area contributed by atoms with Crippen LogP contribution in [0.3, 0.4) is 0 Å². The zero-order chi connectivity index (χ0) is 12.7. The lowest BCUT2D eigenvalue weighted by atomic mass is 9.96.